The van der Waals surface area contributed by atoms with Gasteiger partial charge in [0.05, 0.1) is 5.02 Å². The Bertz CT molecular complexity index is 406. The van der Waals surface area contributed by atoms with E-state index in [1.54, 1.807) is 6.07 Å². The first-order valence-corrected chi connectivity index (χ1v) is 6.44. The maximum absolute atomic E-state index is 10.8. The summed E-state index contributed by atoms with van der Waals surface area (Å²) in [6.45, 7) is 0. The molecule has 0 N–H and O–H groups in total. The Kier molecular flexibility index (Phi) is 3.19. The topological polar surface area (TPSA) is 47.0 Å². The van der Waals surface area contributed by atoms with Crippen molar-refractivity contribution in [1.82, 2.24) is 4.98 Å². The number of pyridine rings is 1. The van der Waals surface area contributed by atoms with Crippen LogP contribution in [0, 0.1) is 3.57 Å². The molecule has 66 valence electrons. The smallest absolute Gasteiger partial charge is 0.242 e. The molecule has 0 saturated carbocycles. The van der Waals surface area contributed by atoms with Gasteiger partial charge in [-0.3, -0.25) is 0 Å². The zero-order valence-corrected chi connectivity index (χ0v) is 9.95. The Labute approximate surface area is 92.6 Å². The average Bonchev–Trinajstić information content (AvgIpc) is 1.92. The second-order valence-corrected chi connectivity index (χ2v) is 5.87. The summed E-state index contributed by atoms with van der Waals surface area (Å²) >= 11 is 7.54. The summed E-state index contributed by atoms with van der Waals surface area (Å²) in [6, 6.07) is 1.59. The van der Waals surface area contributed by atoms with Crippen molar-refractivity contribution in [3.63, 3.8) is 0 Å². The van der Waals surface area contributed by atoms with Crippen LogP contribution in [0.1, 0.15) is 0 Å². The van der Waals surface area contributed by atoms with Gasteiger partial charge in [0.25, 0.3) is 9.05 Å². The van der Waals surface area contributed by atoms with Gasteiger partial charge in [-0.15, -0.1) is 0 Å². The molecule has 0 aliphatic carbocycles. The van der Waals surface area contributed by atoms with Crippen molar-refractivity contribution in [3.05, 3.63) is 20.9 Å². The maximum Gasteiger partial charge on any atom is 0.280 e. The molecule has 1 heterocycles. The minimum atomic E-state index is -3.83. The van der Waals surface area contributed by atoms with Crippen LogP contribution in [-0.2, 0) is 9.05 Å². The van der Waals surface area contributed by atoms with Crippen molar-refractivity contribution >= 4 is 53.9 Å². The Morgan fingerprint density at radius 2 is 2.08 bits per heavy atom. The molecule has 1 rings (SSSR count). The van der Waals surface area contributed by atoms with Gasteiger partial charge in [0.15, 0.2) is 5.03 Å². The lowest BCUT2D eigenvalue weighted by Crippen LogP contribution is -1.96. The van der Waals surface area contributed by atoms with E-state index >= 15 is 0 Å². The van der Waals surface area contributed by atoms with Crippen LogP contribution in [-0.4, -0.2) is 13.4 Å². The molecule has 0 saturated heterocycles. The highest BCUT2D eigenvalue weighted by Gasteiger charge is 2.17. The van der Waals surface area contributed by atoms with Crippen molar-refractivity contribution in [3.8, 4) is 0 Å². The quantitative estimate of drug-likeness (QED) is 0.583. The van der Waals surface area contributed by atoms with Crippen LogP contribution in [0.5, 0.6) is 0 Å². The monoisotopic (exact) mass is 337 g/mol. The van der Waals surface area contributed by atoms with Crippen molar-refractivity contribution in [2.75, 3.05) is 0 Å². The van der Waals surface area contributed by atoms with E-state index in [9.17, 15) is 8.42 Å². The second kappa shape index (κ2) is 3.65. The Morgan fingerprint density at radius 3 is 2.50 bits per heavy atom. The molecular formula is C5H2Cl2INO2S. The summed E-state index contributed by atoms with van der Waals surface area (Å²) in [5.74, 6) is 0. The molecule has 7 heteroatoms. The average molecular weight is 338 g/mol. The lowest BCUT2D eigenvalue weighted by atomic mass is 10.5. The van der Waals surface area contributed by atoms with Crippen molar-refractivity contribution in [2.24, 2.45) is 0 Å². The molecule has 0 spiro atoms. The third-order valence-electron chi connectivity index (χ3n) is 1.04. The Morgan fingerprint density at radius 1 is 1.50 bits per heavy atom. The summed E-state index contributed by atoms with van der Waals surface area (Å²) in [5, 5.41) is -0.231. The summed E-state index contributed by atoms with van der Waals surface area (Å²) in [4.78, 5) is 3.55. The second-order valence-electron chi connectivity index (χ2n) is 1.85. The summed E-state index contributed by atoms with van der Waals surface area (Å²) < 4.78 is 22.2. The summed E-state index contributed by atoms with van der Waals surface area (Å²) in [6.07, 6.45) is 1.34. The van der Waals surface area contributed by atoms with Crippen LogP contribution in [0.4, 0.5) is 0 Å². The molecule has 0 bridgehead atoms. The van der Waals surface area contributed by atoms with Crippen molar-refractivity contribution in [2.45, 2.75) is 5.03 Å². The lowest BCUT2D eigenvalue weighted by molar-refractivity contribution is 0.606. The van der Waals surface area contributed by atoms with Crippen LogP contribution >= 0.6 is 44.9 Å². The van der Waals surface area contributed by atoms with Crippen LogP contribution in [0.25, 0.3) is 0 Å². The third kappa shape index (κ3) is 2.21. The van der Waals surface area contributed by atoms with Crippen LogP contribution in [0.2, 0.25) is 5.02 Å². The Hall–Kier alpha value is 0.410. The molecular weight excluding hydrogens is 336 g/mol. The first-order chi connectivity index (χ1) is 5.43. The third-order valence-corrected chi connectivity index (χ3v) is 3.96. The van der Waals surface area contributed by atoms with Crippen LogP contribution in [0.15, 0.2) is 17.3 Å². The molecule has 0 aliphatic heterocycles. The van der Waals surface area contributed by atoms with E-state index in [0.717, 1.165) is 0 Å². The standard InChI is InChI=1S/C5H2Cl2INO2S/c6-4-3(8)1-2-9-5(4)12(7,10)11/h1-2H. The predicted molar refractivity (Wildman–Crippen MR) is 55.0 cm³/mol. The van der Waals surface area contributed by atoms with E-state index in [0.29, 0.717) is 3.57 Å². The maximum atomic E-state index is 10.8. The number of rotatable bonds is 1. The fraction of sp³-hybridized carbons (Fsp3) is 0. The lowest BCUT2D eigenvalue weighted by Gasteiger charge is -1.99. The first-order valence-electron chi connectivity index (χ1n) is 2.67. The highest BCUT2D eigenvalue weighted by Crippen LogP contribution is 2.26. The van der Waals surface area contributed by atoms with Gasteiger partial charge in [-0.05, 0) is 28.7 Å². The van der Waals surface area contributed by atoms with Gasteiger partial charge in [0.1, 0.15) is 0 Å². The normalized spacial score (nSPS) is 11.6. The predicted octanol–water partition coefficient (Wildman–Crippen LogP) is 2.27. The zero-order chi connectivity index (χ0) is 9.35. The van der Waals surface area contributed by atoms with Crippen LogP contribution < -0.4 is 0 Å². The number of halogens is 3. The van der Waals surface area contributed by atoms with Gasteiger partial charge in [-0.25, -0.2) is 13.4 Å². The van der Waals surface area contributed by atoms with Crippen molar-refractivity contribution in [1.29, 1.82) is 0 Å². The van der Waals surface area contributed by atoms with E-state index in [-0.39, 0.29) is 10.0 Å². The number of aromatic nitrogens is 1. The highest BCUT2D eigenvalue weighted by molar-refractivity contribution is 14.1. The molecule has 1 aromatic rings. The molecule has 12 heavy (non-hydrogen) atoms. The summed E-state index contributed by atoms with van der Waals surface area (Å²) in [7, 11) is 1.23. The largest absolute Gasteiger partial charge is 0.280 e. The van der Waals surface area contributed by atoms with Crippen molar-refractivity contribution < 1.29 is 8.42 Å². The molecule has 0 atom stereocenters. The SMILES string of the molecule is O=S(=O)(Cl)c1nccc(I)c1Cl. The number of hydrogen-bond acceptors (Lipinski definition) is 3. The van der Waals surface area contributed by atoms with Gasteiger partial charge in [0, 0.05) is 20.4 Å². The van der Waals surface area contributed by atoms with E-state index in [2.05, 4.69) is 4.98 Å². The minimum Gasteiger partial charge on any atom is -0.242 e. The molecule has 0 aromatic carbocycles. The molecule has 0 fully saturated rings. The highest BCUT2D eigenvalue weighted by atomic mass is 127. The summed E-state index contributed by atoms with van der Waals surface area (Å²) in [5.41, 5.74) is 0. The molecule has 1 aromatic heterocycles. The molecule has 0 amide bonds. The van der Waals surface area contributed by atoms with E-state index in [4.69, 9.17) is 22.3 Å². The first kappa shape index (κ1) is 10.5. The number of hydrogen-bond donors (Lipinski definition) is 0. The van der Waals surface area contributed by atoms with Gasteiger partial charge in [-0.1, -0.05) is 11.6 Å². The minimum absolute atomic E-state index is 0.0631. The van der Waals surface area contributed by atoms with E-state index in [1.165, 1.54) is 6.20 Å². The van der Waals surface area contributed by atoms with Gasteiger partial charge in [-0.2, -0.15) is 0 Å². The molecule has 0 radical (unpaired) electrons. The van der Waals surface area contributed by atoms with E-state index in [1.807, 2.05) is 22.6 Å². The Balaban J connectivity index is 3.47. The van der Waals surface area contributed by atoms with Crippen LogP contribution in [0.3, 0.4) is 0 Å². The molecule has 0 unspecified atom stereocenters. The van der Waals surface area contributed by atoms with Gasteiger partial charge in [0.2, 0.25) is 0 Å². The molecule has 0 aliphatic rings. The van der Waals surface area contributed by atoms with E-state index < -0.39 is 9.05 Å². The zero-order valence-electron chi connectivity index (χ0n) is 5.46. The fourth-order valence-corrected chi connectivity index (χ4v) is 2.57. The van der Waals surface area contributed by atoms with Gasteiger partial charge >= 0.3 is 0 Å². The molecule has 3 nitrogen and oxygen atoms in total. The number of nitrogens with zero attached hydrogens (tertiary/aromatic N) is 1. The van der Waals surface area contributed by atoms with Gasteiger partial charge < -0.3 is 0 Å². The fourth-order valence-electron chi connectivity index (χ4n) is 0.572.